The lowest BCUT2D eigenvalue weighted by Gasteiger charge is -2.39. The van der Waals surface area contributed by atoms with Crippen LogP contribution in [0.4, 0.5) is 4.79 Å². The number of nitrogens with one attached hydrogen (secondary N) is 1. The fourth-order valence-corrected chi connectivity index (χ4v) is 2.70. The predicted octanol–water partition coefficient (Wildman–Crippen LogP) is 2.34. The zero-order valence-electron chi connectivity index (χ0n) is 10.0. The highest BCUT2D eigenvalue weighted by Gasteiger charge is 2.37. The normalized spacial score (nSPS) is 26.7. The van der Waals surface area contributed by atoms with Crippen molar-refractivity contribution in [2.75, 3.05) is 0 Å². The summed E-state index contributed by atoms with van der Waals surface area (Å²) in [6.45, 7) is 0. The molecule has 96 valence electrons. The van der Waals surface area contributed by atoms with Crippen molar-refractivity contribution in [2.45, 2.75) is 37.8 Å². The van der Waals surface area contributed by atoms with E-state index in [0.29, 0.717) is 18.2 Å². The first kappa shape index (κ1) is 11.3. The molecule has 1 amide bonds. The average Bonchev–Trinajstić information content (AvgIpc) is 2.26. The van der Waals surface area contributed by atoms with Crippen LogP contribution in [0.2, 0.25) is 0 Å². The number of nitrogens with zero attached hydrogens (tertiary/aromatic N) is 1. The van der Waals surface area contributed by atoms with E-state index in [1.165, 1.54) is 19.3 Å². The summed E-state index contributed by atoms with van der Waals surface area (Å²) < 4.78 is 5.90. The van der Waals surface area contributed by atoms with Crippen LogP contribution in [0.5, 0.6) is 5.88 Å². The molecule has 2 aliphatic rings. The number of hydrogen-bond donors (Lipinski definition) is 2. The third-order valence-electron chi connectivity index (χ3n) is 3.88. The summed E-state index contributed by atoms with van der Waals surface area (Å²) in [7, 11) is 0. The van der Waals surface area contributed by atoms with Crippen LogP contribution < -0.4 is 10.1 Å². The Labute approximate surface area is 105 Å². The molecule has 0 spiro atoms. The summed E-state index contributed by atoms with van der Waals surface area (Å²) in [5.41, 5.74) is 0.843. The molecule has 1 saturated carbocycles. The summed E-state index contributed by atoms with van der Waals surface area (Å²) >= 11 is 0. The molecular weight excluding hydrogens is 232 g/mol. The standard InChI is InChI=1S/C13H16N2O3/c16-13(17)15-10-7-11(8-3-1-4-8)18-12-9(10)5-2-6-14-12/h2,5-6,8,10-11,15H,1,3-4,7H2,(H,16,17). The molecule has 2 atom stereocenters. The quantitative estimate of drug-likeness (QED) is 0.842. The van der Waals surface area contributed by atoms with Gasteiger partial charge in [-0.25, -0.2) is 9.78 Å². The van der Waals surface area contributed by atoms with Gasteiger partial charge in [0.15, 0.2) is 0 Å². The SMILES string of the molecule is O=C(O)NC1CC(C2CCC2)Oc2ncccc21. The lowest BCUT2D eigenvalue weighted by Crippen LogP contribution is -2.41. The van der Waals surface area contributed by atoms with Crippen molar-refractivity contribution in [3.8, 4) is 5.88 Å². The van der Waals surface area contributed by atoms with Crippen LogP contribution in [0, 0.1) is 5.92 Å². The van der Waals surface area contributed by atoms with Crippen molar-refractivity contribution in [3.63, 3.8) is 0 Å². The molecule has 1 aliphatic carbocycles. The smallest absolute Gasteiger partial charge is 0.405 e. The molecule has 0 radical (unpaired) electrons. The Hall–Kier alpha value is -1.78. The van der Waals surface area contributed by atoms with Gasteiger partial charge in [0.25, 0.3) is 0 Å². The number of carboxylic acid groups (broad SMARTS) is 1. The number of carbonyl (C=O) groups is 1. The molecule has 2 N–H and O–H groups in total. The van der Waals surface area contributed by atoms with Gasteiger partial charge in [-0.3, -0.25) is 0 Å². The van der Waals surface area contributed by atoms with Crippen LogP contribution in [0.1, 0.15) is 37.3 Å². The highest BCUT2D eigenvalue weighted by atomic mass is 16.5. The number of aromatic nitrogens is 1. The van der Waals surface area contributed by atoms with E-state index in [-0.39, 0.29) is 12.1 Å². The van der Waals surface area contributed by atoms with E-state index >= 15 is 0 Å². The Morgan fingerprint density at radius 1 is 1.50 bits per heavy atom. The molecule has 1 fully saturated rings. The molecule has 0 bridgehead atoms. The summed E-state index contributed by atoms with van der Waals surface area (Å²) in [4.78, 5) is 15.1. The monoisotopic (exact) mass is 248 g/mol. The molecular formula is C13H16N2O3. The molecule has 5 nitrogen and oxygen atoms in total. The van der Waals surface area contributed by atoms with Crippen LogP contribution in [-0.4, -0.2) is 22.3 Å². The van der Waals surface area contributed by atoms with Crippen molar-refractivity contribution in [2.24, 2.45) is 5.92 Å². The van der Waals surface area contributed by atoms with Gasteiger partial charge >= 0.3 is 6.09 Å². The molecule has 1 aromatic rings. The molecule has 2 unspecified atom stereocenters. The summed E-state index contributed by atoms with van der Waals surface area (Å²) in [5, 5.41) is 11.5. The second-order valence-electron chi connectivity index (χ2n) is 4.98. The Balaban J connectivity index is 1.85. The Morgan fingerprint density at radius 2 is 2.33 bits per heavy atom. The van der Waals surface area contributed by atoms with E-state index in [4.69, 9.17) is 9.84 Å². The second kappa shape index (κ2) is 4.48. The lowest BCUT2D eigenvalue weighted by atomic mass is 9.77. The van der Waals surface area contributed by atoms with Crippen LogP contribution in [0.15, 0.2) is 18.3 Å². The molecule has 1 aliphatic heterocycles. The zero-order valence-corrected chi connectivity index (χ0v) is 10.0. The lowest BCUT2D eigenvalue weighted by molar-refractivity contribution is 0.0488. The van der Waals surface area contributed by atoms with Gasteiger partial charge in [-0.1, -0.05) is 12.5 Å². The van der Waals surface area contributed by atoms with Crippen LogP contribution >= 0.6 is 0 Å². The van der Waals surface area contributed by atoms with Crippen LogP contribution in [0.25, 0.3) is 0 Å². The Kier molecular flexibility index (Phi) is 2.81. The largest absolute Gasteiger partial charge is 0.474 e. The maximum absolute atomic E-state index is 10.9. The fraction of sp³-hybridized carbons (Fsp3) is 0.538. The van der Waals surface area contributed by atoms with Crippen molar-refractivity contribution >= 4 is 6.09 Å². The summed E-state index contributed by atoms with van der Waals surface area (Å²) in [6, 6.07) is 3.48. The highest BCUT2D eigenvalue weighted by molar-refractivity contribution is 5.65. The first-order valence-corrected chi connectivity index (χ1v) is 6.35. The van der Waals surface area contributed by atoms with Crippen LogP contribution in [-0.2, 0) is 0 Å². The van der Waals surface area contributed by atoms with E-state index in [1.54, 1.807) is 6.20 Å². The van der Waals surface area contributed by atoms with E-state index in [9.17, 15) is 4.79 Å². The van der Waals surface area contributed by atoms with E-state index in [0.717, 1.165) is 5.56 Å². The molecule has 18 heavy (non-hydrogen) atoms. The maximum atomic E-state index is 10.9. The first-order chi connectivity index (χ1) is 8.74. The van der Waals surface area contributed by atoms with Crippen LogP contribution in [0.3, 0.4) is 0 Å². The Morgan fingerprint density at radius 3 is 3.00 bits per heavy atom. The van der Waals surface area contributed by atoms with Crippen molar-refractivity contribution in [1.29, 1.82) is 0 Å². The van der Waals surface area contributed by atoms with Crippen molar-refractivity contribution in [1.82, 2.24) is 10.3 Å². The number of rotatable bonds is 2. The highest BCUT2D eigenvalue weighted by Crippen LogP contribution is 2.40. The summed E-state index contributed by atoms with van der Waals surface area (Å²) in [5.74, 6) is 1.14. The maximum Gasteiger partial charge on any atom is 0.405 e. The van der Waals surface area contributed by atoms with Gasteiger partial charge in [-0.05, 0) is 24.8 Å². The molecule has 3 rings (SSSR count). The van der Waals surface area contributed by atoms with Gasteiger partial charge in [-0.15, -0.1) is 0 Å². The van der Waals surface area contributed by atoms with Gasteiger partial charge in [0.1, 0.15) is 6.10 Å². The van der Waals surface area contributed by atoms with Gasteiger partial charge in [0.05, 0.1) is 6.04 Å². The van der Waals surface area contributed by atoms with E-state index < -0.39 is 6.09 Å². The number of ether oxygens (including phenoxy) is 1. The van der Waals surface area contributed by atoms with E-state index in [1.807, 2.05) is 12.1 Å². The summed E-state index contributed by atoms with van der Waals surface area (Å²) in [6.07, 6.45) is 5.08. The fourth-order valence-electron chi connectivity index (χ4n) is 2.70. The van der Waals surface area contributed by atoms with Gasteiger partial charge in [0.2, 0.25) is 5.88 Å². The number of hydrogen-bond acceptors (Lipinski definition) is 3. The number of amides is 1. The van der Waals surface area contributed by atoms with E-state index in [2.05, 4.69) is 10.3 Å². The van der Waals surface area contributed by atoms with Crippen molar-refractivity contribution in [3.05, 3.63) is 23.9 Å². The minimum absolute atomic E-state index is 0.0954. The van der Waals surface area contributed by atoms with Crippen molar-refractivity contribution < 1.29 is 14.6 Å². The Bertz CT molecular complexity index is 459. The second-order valence-corrected chi connectivity index (χ2v) is 4.98. The minimum atomic E-state index is -0.996. The number of fused-ring (bicyclic) bond motifs is 1. The average molecular weight is 248 g/mol. The molecule has 2 heterocycles. The third kappa shape index (κ3) is 2.00. The molecule has 1 aromatic heterocycles. The molecule has 0 aromatic carbocycles. The van der Waals surface area contributed by atoms with Gasteiger partial charge in [0, 0.05) is 18.2 Å². The molecule has 0 saturated heterocycles. The molecule has 5 heteroatoms. The first-order valence-electron chi connectivity index (χ1n) is 6.35. The van der Waals surface area contributed by atoms with Gasteiger partial charge in [-0.2, -0.15) is 0 Å². The predicted molar refractivity (Wildman–Crippen MR) is 64.5 cm³/mol. The minimum Gasteiger partial charge on any atom is -0.474 e. The zero-order chi connectivity index (χ0) is 12.5. The number of pyridine rings is 1. The third-order valence-corrected chi connectivity index (χ3v) is 3.88. The topological polar surface area (TPSA) is 71.5 Å². The van der Waals surface area contributed by atoms with Gasteiger partial charge < -0.3 is 15.2 Å².